The van der Waals surface area contributed by atoms with E-state index in [1.807, 2.05) is 0 Å². The Morgan fingerprint density at radius 3 is 0.744 bits per heavy atom. The quantitative estimate of drug-likeness (QED) is 0.0261. The summed E-state index contributed by atoms with van der Waals surface area (Å²) in [6, 6.07) is 0. The first-order valence-electron chi connectivity index (χ1n) is 34.2. The zero-order valence-electron chi connectivity index (χ0n) is 53.5. The van der Waals surface area contributed by atoms with Crippen LogP contribution in [0.5, 0.6) is 0 Å². The third kappa shape index (κ3) is 66.4. The van der Waals surface area contributed by atoms with Crippen molar-refractivity contribution in [1.29, 1.82) is 0 Å². The second kappa shape index (κ2) is 69.0. The Kier molecular flexibility index (Phi) is 65.3. The van der Waals surface area contributed by atoms with Gasteiger partial charge in [-0.1, -0.05) is 309 Å². The zero-order chi connectivity index (χ0) is 59.2. The average molecular weight is 1140 g/mol. The third-order valence-corrected chi connectivity index (χ3v) is 14.4. The number of ether oxygens (including phenoxy) is 3. The second-order valence-electron chi connectivity index (χ2n) is 22.3. The number of unbranched alkanes of at least 4 members (excludes halogenated alkanes) is 28. The van der Waals surface area contributed by atoms with Crippen LogP contribution >= 0.6 is 0 Å². The summed E-state index contributed by atoms with van der Waals surface area (Å²) in [7, 11) is 0. The molecule has 0 spiro atoms. The number of allylic oxidation sites excluding steroid dienone is 22. The van der Waals surface area contributed by atoms with E-state index in [0.29, 0.717) is 19.3 Å². The molecule has 0 aromatic carbocycles. The minimum absolute atomic E-state index is 0.0855. The van der Waals surface area contributed by atoms with E-state index in [4.69, 9.17) is 14.2 Å². The smallest absolute Gasteiger partial charge is 0.306 e. The molecule has 82 heavy (non-hydrogen) atoms. The standard InChI is InChI=1S/C76H126O6/c1-4-7-10-13-16-19-22-25-28-29-30-31-32-33-34-35-36-37-38-39-40-41-42-43-44-45-46-47-49-51-54-57-60-63-66-69-75(78)81-72-73(71-80-74(77)68-65-62-59-56-53-50-27-24-21-18-15-12-9-6-3)82-76(79)70-67-64-61-58-55-52-48-26-23-20-17-14-11-8-5-2/h7-8,10-11,16-17,19-20,25-26,28,30-31,33-34,36-37,39-40,42-43,48,73H,4-6,9,12-15,18,21-24,27,29,32,35,38,41,44-47,49-72H2,1-3H3/b10-7-,11-8-,19-16-,20-17-,28-25-,31-30-,34-33-,37-36-,40-39-,43-42-,48-26-. The maximum atomic E-state index is 12.9. The molecule has 0 aromatic rings. The summed E-state index contributed by atoms with van der Waals surface area (Å²) in [6.45, 7) is 6.42. The van der Waals surface area contributed by atoms with E-state index in [9.17, 15) is 14.4 Å². The van der Waals surface area contributed by atoms with Gasteiger partial charge in [0.05, 0.1) is 0 Å². The molecule has 6 nitrogen and oxygen atoms in total. The monoisotopic (exact) mass is 1130 g/mol. The zero-order valence-corrected chi connectivity index (χ0v) is 53.5. The molecule has 0 saturated heterocycles. The molecule has 0 heterocycles. The highest BCUT2D eigenvalue weighted by atomic mass is 16.6. The van der Waals surface area contributed by atoms with E-state index in [-0.39, 0.29) is 31.1 Å². The number of esters is 3. The van der Waals surface area contributed by atoms with E-state index in [0.717, 1.165) is 154 Å². The molecule has 6 heteroatoms. The summed E-state index contributed by atoms with van der Waals surface area (Å²) in [5.41, 5.74) is 0. The average Bonchev–Trinajstić information content (AvgIpc) is 3.48. The molecule has 1 unspecified atom stereocenters. The Bertz CT molecular complexity index is 1730. The van der Waals surface area contributed by atoms with Gasteiger partial charge < -0.3 is 14.2 Å². The molecule has 0 aliphatic heterocycles. The molecular formula is C76H126O6. The molecule has 0 bridgehead atoms. The minimum Gasteiger partial charge on any atom is -0.462 e. The van der Waals surface area contributed by atoms with E-state index < -0.39 is 6.10 Å². The van der Waals surface area contributed by atoms with Crippen LogP contribution in [0.25, 0.3) is 0 Å². The Labute approximate surface area is 506 Å². The van der Waals surface area contributed by atoms with E-state index in [1.165, 1.54) is 116 Å². The highest BCUT2D eigenvalue weighted by Crippen LogP contribution is 2.16. The summed E-state index contributed by atoms with van der Waals surface area (Å²) in [5, 5.41) is 0. The van der Waals surface area contributed by atoms with Gasteiger partial charge in [0.25, 0.3) is 0 Å². The number of rotatable bonds is 61. The number of carbonyl (C=O) groups is 3. The molecular weight excluding hydrogens is 1010 g/mol. The lowest BCUT2D eigenvalue weighted by Crippen LogP contribution is -2.30. The second-order valence-corrected chi connectivity index (χ2v) is 22.3. The molecule has 0 aromatic heterocycles. The van der Waals surface area contributed by atoms with Crippen LogP contribution in [0, 0.1) is 0 Å². The van der Waals surface area contributed by atoms with Gasteiger partial charge in [0.1, 0.15) is 13.2 Å². The van der Waals surface area contributed by atoms with Gasteiger partial charge in [-0.3, -0.25) is 14.4 Å². The van der Waals surface area contributed by atoms with Crippen molar-refractivity contribution in [3.63, 3.8) is 0 Å². The van der Waals surface area contributed by atoms with Crippen molar-refractivity contribution in [2.24, 2.45) is 0 Å². The summed E-state index contributed by atoms with van der Waals surface area (Å²) in [5.74, 6) is -0.900. The summed E-state index contributed by atoms with van der Waals surface area (Å²) in [6.07, 6.45) is 97.6. The fraction of sp³-hybridized carbons (Fsp3) is 0.671. The van der Waals surface area contributed by atoms with E-state index in [2.05, 4.69) is 154 Å². The van der Waals surface area contributed by atoms with Crippen LogP contribution in [0.2, 0.25) is 0 Å². The fourth-order valence-electron chi connectivity index (χ4n) is 9.36. The van der Waals surface area contributed by atoms with Crippen LogP contribution < -0.4 is 0 Å². The maximum absolute atomic E-state index is 12.9. The van der Waals surface area contributed by atoms with Gasteiger partial charge in [-0.05, 0) is 116 Å². The summed E-state index contributed by atoms with van der Waals surface area (Å²) < 4.78 is 16.9. The SMILES string of the molecule is CC/C=C\C/C=C\C/C=C\C/C=C\C/C=C\C/C=C\C/C=C\C/C=C\CCCCCCCCCCCCC(=O)OCC(COC(=O)CCCCCCCCCCCCCCCC)OC(=O)CCCCCCC/C=C\C/C=C\C/C=C\CC. The van der Waals surface area contributed by atoms with Gasteiger partial charge >= 0.3 is 17.9 Å². The summed E-state index contributed by atoms with van der Waals surface area (Å²) >= 11 is 0. The molecule has 0 radical (unpaired) electrons. The molecule has 0 rings (SSSR count). The van der Waals surface area contributed by atoms with Crippen molar-refractivity contribution < 1.29 is 28.6 Å². The molecule has 1 atom stereocenters. The molecule has 466 valence electrons. The van der Waals surface area contributed by atoms with Crippen molar-refractivity contribution in [3.05, 3.63) is 134 Å². The normalized spacial score (nSPS) is 13.0. The first-order chi connectivity index (χ1) is 40.5. The van der Waals surface area contributed by atoms with Crippen molar-refractivity contribution in [3.8, 4) is 0 Å². The Morgan fingerprint density at radius 1 is 0.256 bits per heavy atom. The van der Waals surface area contributed by atoms with Crippen LogP contribution in [-0.4, -0.2) is 37.2 Å². The minimum atomic E-state index is -0.791. The van der Waals surface area contributed by atoms with Gasteiger partial charge in [-0.15, -0.1) is 0 Å². The fourth-order valence-corrected chi connectivity index (χ4v) is 9.36. The number of hydrogen-bond donors (Lipinski definition) is 0. The Hall–Kier alpha value is -4.45. The Morgan fingerprint density at radius 2 is 0.476 bits per heavy atom. The van der Waals surface area contributed by atoms with Crippen LogP contribution in [0.1, 0.15) is 310 Å². The topological polar surface area (TPSA) is 78.9 Å². The molecule has 0 amide bonds. The first-order valence-corrected chi connectivity index (χ1v) is 34.2. The predicted octanol–water partition coefficient (Wildman–Crippen LogP) is 23.7. The molecule has 0 aliphatic rings. The predicted molar refractivity (Wildman–Crippen MR) is 357 cm³/mol. The summed E-state index contributed by atoms with van der Waals surface area (Å²) in [4.78, 5) is 38.3. The number of carbonyl (C=O) groups excluding carboxylic acids is 3. The van der Waals surface area contributed by atoms with Crippen LogP contribution in [-0.2, 0) is 28.6 Å². The lowest BCUT2D eigenvalue weighted by molar-refractivity contribution is -0.167. The van der Waals surface area contributed by atoms with Crippen molar-refractivity contribution in [2.75, 3.05) is 13.2 Å². The van der Waals surface area contributed by atoms with E-state index >= 15 is 0 Å². The van der Waals surface area contributed by atoms with Crippen LogP contribution in [0.15, 0.2) is 134 Å². The largest absolute Gasteiger partial charge is 0.462 e. The molecule has 0 aliphatic carbocycles. The lowest BCUT2D eigenvalue weighted by Gasteiger charge is -2.18. The van der Waals surface area contributed by atoms with Crippen molar-refractivity contribution in [1.82, 2.24) is 0 Å². The van der Waals surface area contributed by atoms with Crippen molar-refractivity contribution in [2.45, 2.75) is 316 Å². The third-order valence-electron chi connectivity index (χ3n) is 14.4. The highest BCUT2D eigenvalue weighted by Gasteiger charge is 2.19. The molecule has 0 saturated carbocycles. The molecule has 0 fully saturated rings. The van der Waals surface area contributed by atoms with Gasteiger partial charge in [0.2, 0.25) is 0 Å². The van der Waals surface area contributed by atoms with Crippen molar-refractivity contribution >= 4 is 17.9 Å². The first kappa shape index (κ1) is 77.5. The maximum Gasteiger partial charge on any atom is 0.306 e. The van der Waals surface area contributed by atoms with Crippen LogP contribution in [0.4, 0.5) is 0 Å². The van der Waals surface area contributed by atoms with Gasteiger partial charge in [-0.2, -0.15) is 0 Å². The van der Waals surface area contributed by atoms with Gasteiger partial charge in [0, 0.05) is 19.3 Å². The highest BCUT2D eigenvalue weighted by molar-refractivity contribution is 5.71. The van der Waals surface area contributed by atoms with Gasteiger partial charge in [-0.25, -0.2) is 0 Å². The van der Waals surface area contributed by atoms with Gasteiger partial charge in [0.15, 0.2) is 6.10 Å². The molecule has 0 N–H and O–H groups in total. The lowest BCUT2D eigenvalue weighted by atomic mass is 10.0. The van der Waals surface area contributed by atoms with E-state index in [1.54, 1.807) is 0 Å². The number of hydrogen-bond acceptors (Lipinski definition) is 6. The Balaban J connectivity index is 4.24. The van der Waals surface area contributed by atoms with Crippen LogP contribution in [0.3, 0.4) is 0 Å².